The highest BCUT2D eigenvalue weighted by Gasteiger charge is 2.27. The van der Waals surface area contributed by atoms with Crippen LogP contribution >= 0.6 is 11.6 Å². The Morgan fingerprint density at radius 2 is 1.86 bits per heavy atom. The number of hydrogen-bond donors (Lipinski definition) is 2. The number of anilines is 1. The zero-order valence-electron chi connectivity index (χ0n) is 12.9. The summed E-state index contributed by atoms with van der Waals surface area (Å²) in [6.07, 6.45) is 1.34. The zero-order chi connectivity index (χ0) is 16.1. The molecule has 0 unspecified atom stereocenters. The molecule has 0 atom stereocenters. The average Bonchev–Trinajstić information content (AvgIpc) is 2.49. The molecule has 5 nitrogen and oxygen atoms in total. The number of benzene rings is 1. The van der Waals surface area contributed by atoms with Crippen molar-refractivity contribution >= 4 is 29.2 Å². The first kappa shape index (κ1) is 16.6. The molecule has 0 aromatic heterocycles. The molecule has 1 heterocycles. The fourth-order valence-corrected chi connectivity index (χ4v) is 2.66. The van der Waals surface area contributed by atoms with Crippen molar-refractivity contribution in [3.05, 3.63) is 29.3 Å². The predicted molar refractivity (Wildman–Crippen MR) is 88.0 cm³/mol. The number of carbonyl (C=O) groups excluding carboxylic acids is 2. The highest BCUT2D eigenvalue weighted by molar-refractivity contribution is 6.33. The zero-order valence-corrected chi connectivity index (χ0v) is 13.7. The molecular formula is C16H22ClN3O2. The lowest BCUT2D eigenvalue weighted by molar-refractivity contribution is -0.121. The number of para-hydroxylation sites is 1. The van der Waals surface area contributed by atoms with Gasteiger partial charge in [-0.25, -0.2) is 4.79 Å². The average molecular weight is 324 g/mol. The molecule has 0 spiro atoms. The van der Waals surface area contributed by atoms with Crippen LogP contribution in [0.4, 0.5) is 10.5 Å². The van der Waals surface area contributed by atoms with Crippen LogP contribution in [0, 0.1) is 5.92 Å². The molecule has 3 amide bonds. The molecule has 22 heavy (non-hydrogen) atoms. The smallest absolute Gasteiger partial charge is 0.317 e. The topological polar surface area (TPSA) is 61.4 Å². The minimum absolute atomic E-state index is 0.0305. The van der Waals surface area contributed by atoms with Gasteiger partial charge in [0.05, 0.1) is 10.7 Å². The van der Waals surface area contributed by atoms with Crippen molar-refractivity contribution in [1.82, 2.24) is 10.2 Å². The van der Waals surface area contributed by atoms with E-state index in [1.54, 1.807) is 17.0 Å². The van der Waals surface area contributed by atoms with E-state index in [2.05, 4.69) is 10.6 Å². The lowest BCUT2D eigenvalue weighted by Crippen LogP contribution is -2.47. The summed E-state index contributed by atoms with van der Waals surface area (Å²) in [5.41, 5.74) is 0.633. The maximum Gasteiger partial charge on any atom is 0.317 e. The van der Waals surface area contributed by atoms with Gasteiger partial charge >= 0.3 is 6.03 Å². The minimum atomic E-state index is -0.0839. The third-order valence-corrected chi connectivity index (χ3v) is 4.03. The fraction of sp³-hybridized carbons (Fsp3) is 0.500. The molecule has 0 bridgehead atoms. The molecule has 1 aliphatic heterocycles. The lowest BCUT2D eigenvalue weighted by atomic mass is 9.96. The molecule has 1 aromatic rings. The van der Waals surface area contributed by atoms with Crippen molar-refractivity contribution in [2.75, 3.05) is 18.4 Å². The number of halogens is 1. The summed E-state index contributed by atoms with van der Waals surface area (Å²) in [4.78, 5) is 26.0. The normalized spacial score (nSPS) is 15.7. The van der Waals surface area contributed by atoms with Gasteiger partial charge in [-0.15, -0.1) is 0 Å². The van der Waals surface area contributed by atoms with Gasteiger partial charge in [-0.2, -0.15) is 0 Å². The van der Waals surface area contributed by atoms with Gasteiger partial charge in [0.1, 0.15) is 0 Å². The van der Waals surface area contributed by atoms with Crippen LogP contribution in [0.1, 0.15) is 26.7 Å². The number of piperidine rings is 1. The van der Waals surface area contributed by atoms with E-state index >= 15 is 0 Å². The van der Waals surface area contributed by atoms with Crippen LogP contribution in [-0.2, 0) is 4.79 Å². The van der Waals surface area contributed by atoms with Crippen LogP contribution in [0.3, 0.4) is 0 Å². The van der Waals surface area contributed by atoms with Crippen LogP contribution in [0.5, 0.6) is 0 Å². The number of likely N-dealkylation sites (tertiary alicyclic amines) is 1. The van der Waals surface area contributed by atoms with E-state index in [0.717, 1.165) is 0 Å². The van der Waals surface area contributed by atoms with Crippen LogP contribution in [0.2, 0.25) is 5.02 Å². The maximum atomic E-state index is 12.3. The highest BCUT2D eigenvalue weighted by atomic mass is 35.5. The number of rotatable bonds is 3. The molecular weight excluding hydrogens is 302 g/mol. The predicted octanol–water partition coefficient (Wildman–Crippen LogP) is 3.11. The van der Waals surface area contributed by atoms with Gasteiger partial charge in [0.25, 0.3) is 0 Å². The third kappa shape index (κ3) is 4.37. The van der Waals surface area contributed by atoms with Gasteiger partial charge in [0.2, 0.25) is 5.91 Å². The molecule has 1 saturated heterocycles. The standard InChI is InChI=1S/C16H22ClN3O2/c1-11(2)18-16(22)20-9-7-12(8-10-20)15(21)19-14-6-4-3-5-13(14)17/h3-6,11-12H,7-10H2,1-2H3,(H,18,22)(H,19,21). The van der Waals surface area contributed by atoms with Gasteiger partial charge in [-0.1, -0.05) is 23.7 Å². The lowest BCUT2D eigenvalue weighted by Gasteiger charge is -2.32. The molecule has 1 aliphatic rings. The Labute approximate surface area is 136 Å². The molecule has 2 rings (SSSR count). The molecule has 0 radical (unpaired) electrons. The van der Waals surface area contributed by atoms with E-state index in [-0.39, 0.29) is 23.9 Å². The SMILES string of the molecule is CC(C)NC(=O)N1CCC(C(=O)Nc2ccccc2Cl)CC1. The second-order valence-electron chi connectivity index (χ2n) is 5.83. The minimum Gasteiger partial charge on any atom is -0.336 e. The second kappa shape index (κ2) is 7.49. The first-order valence-electron chi connectivity index (χ1n) is 7.58. The van der Waals surface area contributed by atoms with E-state index in [4.69, 9.17) is 11.6 Å². The van der Waals surface area contributed by atoms with Crippen LogP contribution in [0.15, 0.2) is 24.3 Å². The molecule has 0 aliphatic carbocycles. The van der Waals surface area contributed by atoms with Crippen molar-refractivity contribution in [2.45, 2.75) is 32.7 Å². The van der Waals surface area contributed by atoms with E-state index in [1.807, 2.05) is 26.0 Å². The first-order chi connectivity index (χ1) is 10.5. The Hall–Kier alpha value is -1.75. The van der Waals surface area contributed by atoms with Crippen molar-refractivity contribution < 1.29 is 9.59 Å². The number of nitrogens with zero attached hydrogens (tertiary/aromatic N) is 1. The summed E-state index contributed by atoms with van der Waals surface area (Å²) < 4.78 is 0. The van der Waals surface area contributed by atoms with E-state index in [9.17, 15) is 9.59 Å². The van der Waals surface area contributed by atoms with Gasteiger partial charge < -0.3 is 15.5 Å². The summed E-state index contributed by atoms with van der Waals surface area (Å²) in [6, 6.07) is 7.25. The summed E-state index contributed by atoms with van der Waals surface area (Å²) in [6.45, 7) is 5.06. The molecule has 1 aromatic carbocycles. The van der Waals surface area contributed by atoms with Crippen LogP contribution < -0.4 is 10.6 Å². The Bertz CT molecular complexity index is 540. The quantitative estimate of drug-likeness (QED) is 0.897. The Morgan fingerprint density at radius 1 is 1.23 bits per heavy atom. The maximum absolute atomic E-state index is 12.3. The van der Waals surface area contributed by atoms with E-state index in [1.165, 1.54) is 0 Å². The van der Waals surface area contributed by atoms with Gasteiger partial charge in [0, 0.05) is 25.0 Å². The summed E-state index contributed by atoms with van der Waals surface area (Å²) in [5, 5.41) is 6.27. The number of nitrogens with one attached hydrogen (secondary N) is 2. The number of amides is 3. The van der Waals surface area contributed by atoms with Crippen LogP contribution in [0.25, 0.3) is 0 Å². The Morgan fingerprint density at radius 3 is 2.45 bits per heavy atom. The highest BCUT2D eigenvalue weighted by Crippen LogP contribution is 2.24. The van der Waals surface area contributed by atoms with Gasteiger partial charge in [-0.05, 0) is 38.8 Å². The summed E-state index contributed by atoms with van der Waals surface area (Å²) in [5.74, 6) is -0.114. The number of urea groups is 1. The van der Waals surface area contributed by atoms with Crippen molar-refractivity contribution in [2.24, 2.45) is 5.92 Å². The number of hydrogen-bond acceptors (Lipinski definition) is 2. The van der Waals surface area contributed by atoms with E-state index in [0.29, 0.717) is 36.6 Å². The molecule has 2 N–H and O–H groups in total. The Kier molecular flexibility index (Phi) is 5.66. The van der Waals surface area contributed by atoms with Gasteiger partial charge in [-0.3, -0.25) is 4.79 Å². The fourth-order valence-electron chi connectivity index (χ4n) is 2.48. The third-order valence-electron chi connectivity index (χ3n) is 3.70. The summed E-state index contributed by atoms with van der Waals surface area (Å²) in [7, 11) is 0. The number of carbonyl (C=O) groups is 2. The Balaban J connectivity index is 1.85. The summed E-state index contributed by atoms with van der Waals surface area (Å²) >= 11 is 6.04. The largest absolute Gasteiger partial charge is 0.336 e. The monoisotopic (exact) mass is 323 g/mol. The van der Waals surface area contributed by atoms with Gasteiger partial charge in [0.15, 0.2) is 0 Å². The molecule has 1 fully saturated rings. The molecule has 120 valence electrons. The van der Waals surface area contributed by atoms with Crippen molar-refractivity contribution in [3.63, 3.8) is 0 Å². The molecule has 6 heteroatoms. The van der Waals surface area contributed by atoms with Crippen molar-refractivity contribution in [1.29, 1.82) is 0 Å². The second-order valence-corrected chi connectivity index (χ2v) is 6.24. The first-order valence-corrected chi connectivity index (χ1v) is 7.96. The molecule has 0 saturated carbocycles. The van der Waals surface area contributed by atoms with E-state index < -0.39 is 0 Å². The van der Waals surface area contributed by atoms with Crippen molar-refractivity contribution in [3.8, 4) is 0 Å². The van der Waals surface area contributed by atoms with Crippen LogP contribution in [-0.4, -0.2) is 36.0 Å².